The van der Waals surface area contributed by atoms with Crippen molar-refractivity contribution in [1.29, 1.82) is 0 Å². The molecule has 0 saturated carbocycles. The fourth-order valence-corrected chi connectivity index (χ4v) is 2.75. The first-order valence-electron chi connectivity index (χ1n) is 8.53. The lowest BCUT2D eigenvalue weighted by Gasteiger charge is -2.15. The van der Waals surface area contributed by atoms with Crippen molar-refractivity contribution in [3.8, 4) is 5.75 Å². The number of primary amides is 1. The number of ether oxygens (including phenoxy) is 3. The van der Waals surface area contributed by atoms with Gasteiger partial charge in [0.2, 0.25) is 6.10 Å². The maximum atomic E-state index is 12.3. The van der Waals surface area contributed by atoms with E-state index in [2.05, 4.69) is 0 Å². The summed E-state index contributed by atoms with van der Waals surface area (Å²) >= 11 is 0. The molecule has 1 fully saturated rings. The van der Waals surface area contributed by atoms with Crippen molar-refractivity contribution >= 4 is 11.9 Å². The minimum absolute atomic E-state index is 0.127. The fraction of sp³-hybridized carbons (Fsp3) is 0.300. The van der Waals surface area contributed by atoms with E-state index < -0.39 is 18.0 Å². The second-order valence-electron chi connectivity index (χ2n) is 6.07. The van der Waals surface area contributed by atoms with Crippen molar-refractivity contribution in [2.75, 3.05) is 13.2 Å². The van der Waals surface area contributed by atoms with Crippen LogP contribution in [0.25, 0.3) is 0 Å². The van der Waals surface area contributed by atoms with Gasteiger partial charge in [-0.15, -0.1) is 0 Å². The van der Waals surface area contributed by atoms with Crippen LogP contribution in [-0.4, -0.2) is 31.2 Å². The maximum Gasteiger partial charge on any atom is 0.339 e. The Balaban J connectivity index is 1.60. The molecule has 0 bridgehead atoms. The second-order valence-corrected chi connectivity index (χ2v) is 6.07. The van der Waals surface area contributed by atoms with Crippen molar-refractivity contribution in [3.05, 3.63) is 65.7 Å². The first-order chi connectivity index (χ1) is 12.6. The van der Waals surface area contributed by atoms with Crippen molar-refractivity contribution in [2.45, 2.75) is 25.0 Å². The van der Waals surface area contributed by atoms with E-state index in [1.807, 2.05) is 0 Å². The molecule has 0 spiro atoms. The molecule has 2 unspecified atom stereocenters. The van der Waals surface area contributed by atoms with Crippen molar-refractivity contribution in [1.82, 2.24) is 0 Å². The van der Waals surface area contributed by atoms with Crippen LogP contribution in [0.3, 0.4) is 0 Å². The highest BCUT2D eigenvalue weighted by Gasteiger charge is 2.23. The van der Waals surface area contributed by atoms with Gasteiger partial charge in [0, 0.05) is 12.2 Å². The minimum Gasteiger partial charge on any atom is -0.491 e. The molecule has 2 atom stereocenters. The maximum absolute atomic E-state index is 12.3. The number of carbonyl (C=O) groups is 2. The van der Waals surface area contributed by atoms with E-state index in [1.54, 1.807) is 54.6 Å². The molecule has 1 saturated heterocycles. The lowest BCUT2D eigenvalue weighted by Crippen LogP contribution is -2.26. The van der Waals surface area contributed by atoms with Gasteiger partial charge in [-0.25, -0.2) is 4.79 Å². The Labute approximate surface area is 151 Å². The summed E-state index contributed by atoms with van der Waals surface area (Å²) in [4.78, 5) is 24.0. The number of benzene rings is 2. The van der Waals surface area contributed by atoms with Gasteiger partial charge >= 0.3 is 5.97 Å². The second kappa shape index (κ2) is 8.49. The van der Waals surface area contributed by atoms with Gasteiger partial charge in [0.25, 0.3) is 5.91 Å². The van der Waals surface area contributed by atoms with Crippen LogP contribution >= 0.6 is 0 Å². The van der Waals surface area contributed by atoms with Crippen LogP contribution in [-0.2, 0) is 14.3 Å². The summed E-state index contributed by atoms with van der Waals surface area (Å²) < 4.78 is 16.5. The molecule has 2 aromatic rings. The molecule has 26 heavy (non-hydrogen) atoms. The Kier molecular flexibility index (Phi) is 5.86. The lowest BCUT2D eigenvalue weighted by atomic mass is 10.1. The van der Waals surface area contributed by atoms with Crippen LogP contribution in [0.2, 0.25) is 0 Å². The molecule has 0 aliphatic carbocycles. The molecule has 1 amide bonds. The van der Waals surface area contributed by atoms with Crippen LogP contribution in [0.1, 0.15) is 34.9 Å². The van der Waals surface area contributed by atoms with E-state index in [4.69, 9.17) is 19.9 Å². The third-order valence-electron chi connectivity index (χ3n) is 4.14. The Morgan fingerprint density at radius 3 is 2.46 bits per heavy atom. The molecule has 0 radical (unpaired) electrons. The Morgan fingerprint density at radius 1 is 1.12 bits per heavy atom. The number of nitrogens with two attached hydrogens (primary N) is 1. The largest absolute Gasteiger partial charge is 0.491 e. The van der Waals surface area contributed by atoms with Crippen LogP contribution < -0.4 is 10.5 Å². The third-order valence-corrected chi connectivity index (χ3v) is 4.14. The van der Waals surface area contributed by atoms with E-state index in [1.165, 1.54) is 0 Å². The topological polar surface area (TPSA) is 87.9 Å². The van der Waals surface area contributed by atoms with E-state index >= 15 is 0 Å². The monoisotopic (exact) mass is 355 g/mol. The zero-order chi connectivity index (χ0) is 18.4. The fourth-order valence-electron chi connectivity index (χ4n) is 2.75. The van der Waals surface area contributed by atoms with E-state index in [0.717, 1.165) is 19.4 Å². The Hall–Kier alpha value is -2.86. The molecular weight excluding hydrogens is 334 g/mol. The zero-order valence-electron chi connectivity index (χ0n) is 14.3. The average Bonchev–Trinajstić information content (AvgIpc) is 3.19. The quantitative estimate of drug-likeness (QED) is 0.772. The van der Waals surface area contributed by atoms with Gasteiger partial charge in [-0.3, -0.25) is 4.79 Å². The first-order valence-corrected chi connectivity index (χ1v) is 8.53. The summed E-state index contributed by atoms with van der Waals surface area (Å²) in [6.45, 7) is 1.27. The van der Waals surface area contributed by atoms with Gasteiger partial charge in [-0.05, 0) is 37.1 Å². The third kappa shape index (κ3) is 4.61. The lowest BCUT2D eigenvalue weighted by molar-refractivity contribution is -0.127. The highest BCUT2D eigenvalue weighted by Crippen LogP contribution is 2.21. The predicted octanol–water partition coefficient (Wildman–Crippen LogP) is 2.63. The summed E-state index contributed by atoms with van der Waals surface area (Å²) in [5, 5.41) is 0. The van der Waals surface area contributed by atoms with Crippen molar-refractivity contribution < 1.29 is 23.8 Å². The Morgan fingerprint density at radius 2 is 1.85 bits per heavy atom. The molecule has 0 aromatic heterocycles. The van der Waals surface area contributed by atoms with Gasteiger partial charge in [-0.2, -0.15) is 0 Å². The van der Waals surface area contributed by atoms with Crippen LogP contribution in [0.5, 0.6) is 5.75 Å². The van der Waals surface area contributed by atoms with E-state index in [9.17, 15) is 9.59 Å². The molecule has 2 N–H and O–H groups in total. The molecule has 136 valence electrons. The number of esters is 1. The van der Waals surface area contributed by atoms with Crippen LogP contribution in [0.4, 0.5) is 0 Å². The number of rotatable bonds is 7. The molecular formula is C20H21NO5. The van der Waals surface area contributed by atoms with Crippen molar-refractivity contribution in [3.63, 3.8) is 0 Å². The summed E-state index contributed by atoms with van der Waals surface area (Å²) in [5.74, 6) is -0.698. The van der Waals surface area contributed by atoms with Gasteiger partial charge in [0.05, 0.1) is 11.7 Å². The molecule has 1 heterocycles. The normalized spacial score (nSPS) is 17.5. The SMILES string of the molecule is NC(=O)C(OC(=O)c1ccc(OCC2CCCO2)cc1)c1ccccc1. The number of carbonyl (C=O) groups excluding carboxylic acids is 2. The molecule has 6 nitrogen and oxygen atoms in total. The molecule has 6 heteroatoms. The average molecular weight is 355 g/mol. The molecule has 1 aliphatic rings. The highest BCUT2D eigenvalue weighted by molar-refractivity contribution is 5.92. The Bertz CT molecular complexity index is 739. The summed E-state index contributed by atoms with van der Waals surface area (Å²) in [7, 11) is 0. The smallest absolute Gasteiger partial charge is 0.339 e. The van der Waals surface area contributed by atoms with Crippen molar-refractivity contribution in [2.24, 2.45) is 5.73 Å². The van der Waals surface area contributed by atoms with E-state index in [-0.39, 0.29) is 6.10 Å². The zero-order valence-corrected chi connectivity index (χ0v) is 14.3. The number of hydrogen-bond donors (Lipinski definition) is 1. The molecule has 2 aromatic carbocycles. The molecule has 3 rings (SSSR count). The summed E-state index contributed by atoms with van der Waals surface area (Å²) in [6, 6.07) is 15.2. The van der Waals surface area contributed by atoms with Gasteiger partial charge in [0.15, 0.2) is 0 Å². The summed E-state index contributed by atoms with van der Waals surface area (Å²) in [5.41, 5.74) is 6.22. The standard InChI is InChI=1S/C20H21NO5/c21-19(22)18(14-5-2-1-3-6-14)26-20(23)15-8-10-16(11-9-15)25-13-17-7-4-12-24-17/h1-3,5-6,8-11,17-18H,4,7,12-13H2,(H2,21,22). The highest BCUT2D eigenvalue weighted by atomic mass is 16.5. The summed E-state index contributed by atoms with van der Waals surface area (Å²) in [6.07, 6.45) is 1.06. The van der Waals surface area contributed by atoms with Gasteiger partial charge in [0.1, 0.15) is 12.4 Å². The van der Waals surface area contributed by atoms with Gasteiger partial charge < -0.3 is 19.9 Å². The number of amides is 1. The van der Waals surface area contributed by atoms with Crippen LogP contribution in [0.15, 0.2) is 54.6 Å². The number of hydrogen-bond acceptors (Lipinski definition) is 5. The van der Waals surface area contributed by atoms with Gasteiger partial charge in [-0.1, -0.05) is 30.3 Å². The molecule has 1 aliphatic heterocycles. The first kappa shape index (κ1) is 17.9. The van der Waals surface area contributed by atoms with Crippen LogP contribution in [0, 0.1) is 0 Å². The van der Waals surface area contributed by atoms with E-state index in [0.29, 0.717) is 23.5 Å². The predicted molar refractivity (Wildman–Crippen MR) is 94.7 cm³/mol. The minimum atomic E-state index is -1.13.